The van der Waals surface area contributed by atoms with E-state index in [4.69, 9.17) is 10.5 Å². The van der Waals surface area contributed by atoms with Crippen LogP contribution in [0.15, 0.2) is 0 Å². The number of hydrogen-bond donors (Lipinski definition) is 3. The lowest BCUT2D eigenvalue weighted by Gasteiger charge is -2.18. The van der Waals surface area contributed by atoms with Gasteiger partial charge in [-0.05, 0) is 57.9 Å². The number of unbranched alkanes of at least 4 members (excludes halogenated alkanes) is 25. The molecule has 0 aliphatic rings. The number of nitrogens with one attached hydrogen (secondary N) is 1. The fraction of sp³-hybridized carbons (Fsp3) is 0.929. The molecule has 4 N–H and O–H groups in total. The van der Waals surface area contributed by atoms with Crippen molar-refractivity contribution < 1.29 is 24.2 Å². The van der Waals surface area contributed by atoms with Gasteiger partial charge in [0.25, 0.3) is 0 Å². The molecule has 0 bridgehead atoms. The van der Waals surface area contributed by atoms with Gasteiger partial charge in [-0.25, -0.2) is 4.79 Å². The van der Waals surface area contributed by atoms with Gasteiger partial charge in [-0.1, -0.05) is 168 Å². The van der Waals surface area contributed by atoms with Crippen LogP contribution in [0.2, 0.25) is 0 Å². The maximum absolute atomic E-state index is 12.7. The first-order valence-electron chi connectivity index (χ1n) is 21.4. The highest BCUT2D eigenvalue weighted by atomic mass is 16.5. The zero-order chi connectivity index (χ0) is 36.0. The molecule has 0 aromatic heterocycles. The number of esters is 1. The lowest BCUT2D eigenvalue weighted by Crippen LogP contribution is -2.40. The summed E-state index contributed by atoms with van der Waals surface area (Å²) in [6.45, 7) is 4.95. The Balaban J connectivity index is 4.17. The van der Waals surface area contributed by atoms with Crippen LogP contribution in [0.4, 0.5) is 0 Å². The Morgan fingerprint density at radius 3 is 1.27 bits per heavy atom. The lowest BCUT2D eigenvalue weighted by atomic mass is 10.0. The number of carbonyl (C=O) groups is 3. The van der Waals surface area contributed by atoms with Crippen molar-refractivity contribution in [2.45, 2.75) is 244 Å². The molecule has 0 aliphatic heterocycles. The third-order valence-corrected chi connectivity index (χ3v) is 9.92. The molecule has 0 aromatic rings. The monoisotopic (exact) mass is 695 g/mol. The molecule has 7 nitrogen and oxygen atoms in total. The van der Waals surface area contributed by atoms with Crippen molar-refractivity contribution in [2.75, 3.05) is 6.54 Å². The van der Waals surface area contributed by atoms with Crippen molar-refractivity contribution in [3.05, 3.63) is 0 Å². The van der Waals surface area contributed by atoms with Crippen molar-refractivity contribution in [3.8, 4) is 0 Å². The Labute approximate surface area is 303 Å². The molecule has 290 valence electrons. The first kappa shape index (κ1) is 47.4. The Bertz CT molecular complexity index is 747. The highest BCUT2D eigenvalue weighted by Crippen LogP contribution is 2.19. The predicted octanol–water partition coefficient (Wildman–Crippen LogP) is 11.7. The van der Waals surface area contributed by atoms with Crippen LogP contribution in [0.25, 0.3) is 0 Å². The van der Waals surface area contributed by atoms with Crippen molar-refractivity contribution in [2.24, 2.45) is 5.73 Å². The van der Waals surface area contributed by atoms with Gasteiger partial charge in [0.1, 0.15) is 12.1 Å². The standard InChI is InChI=1S/C42H82N2O5/c1-3-5-7-9-11-13-14-15-16-17-18-19-21-26-30-36-41(46)49-38(32-27-23-20-12-10-8-6-4-2)33-28-24-22-25-29-35-40(45)44-39(42(47)48)34-31-37-43/h38-39H,3-37,43H2,1-2H3,(H,44,45)(H,47,48). The van der Waals surface area contributed by atoms with Crippen LogP contribution in [0.5, 0.6) is 0 Å². The van der Waals surface area contributed by atoms with Crippen LogP contribution >= 0.6 is 0 Å². The average Bonchev–Trinajstić information content (AvgIpc) is 3.08. The predicted molar refractivity (Wildman–Crippen MR) is 207 cm³/mol. The number of nitrogens with two attached hydrogens (primary N) is 1. The van der Waals surface area contributed by atoms with Crippen LogP contribution < -0.4 is 11.1 Å². The number of carboxylic acids is 1. The SMILES string of the molecule is CCCCCCCCCCCCCCCCCC(=O)OC(CCCCCCCCCC)CCCCCCCC(=O)NC(CCCN)C(=O)O. The van der Waals surface area contributed by atoms with E-state index >= 15 is 0 Å². The Morgan fingerprint density at radius 2 is 0.878 bits per heavy atom. The Kier molecular flexibility index (Phi) is 36.4. The molecule has 49 heavy (non-hydrogen) atoms. The second-order valence-electron chi connectivity index (χ2n) is 14.8. The van der Waals surface area contributed by atoms with Gasteiger partial charge in [-0.15, -0.1) is 0 Å². The summed E-state index contributed by atoms with van der Waals surface area (Å²) < 4.78 is 6.02. The van der Waals surface area contributed by atoms with Crippen molar-refractivity contribution in [3.63, 3.8) is 0 Å². The molecular weight excluding hydrogens is 612 g/mol. The molecule has 0 aromatic carbocycles. The summed E-state index contributed by atoms with van der Waals surface area (Å²) in [5.41, 5.74) is 5.48. The summed E-state index contributed by atoms with van der Waals surface area (Å²) in [6.07, 6.45) is 38.6. The second kappa shape index (κ2) is 37.6. The Morgan fingerprint density at radius 1 is 0.510 bits per heavy atom. The molecule has 0 rings (SSSR count). The van der Waals surface area contributed by atoms with E-state index in [1.807, 2.05) is 0 Å². The van der Waals surface area contributed by atoms with Gasteiger partial charge >= 0.3 is 11.9 Å². The van der Waals surface area contributed by atoms with Gasteiger partial charge in [0.15, 0.2) is 0 Å². The van der Waals surface area contributed by atoms with E-state index in [2.05, 4.69) is 19.2 Å². The zero-order valence-corrected chi connectivity index (χ0v) is 32.6. The Hall–Kier alpha value is -1.63. The molecule has 2 atom stereocenters. The van der Waals surface area contributed by atoms with E-state index in [1.54, 1.807) is 0 Å². The maximum Gasteiger partial charge on any atom is 0.326 e. The van der Waals surface area contributed by atoms with E-state index in [9.17, 15) is 19.5 Å². The largest absolute Gasteiger partial charge is 0.480 e. The summed E-state index contributed by atoms with van der Waals surface area (Å²) in [5.74, 6) is -1.22. The fourth-order valence-corrected chi connectivity index (χ4v) is 6.69. The van der Waals surface area contributed by atoms with Crippen LogP contribution in [0, 0.1) is 0 Å². The molecule has 0 aliphatic carbocycles. The van der Waals surface area contributed by atoms with Crippen LogP contribution in [0.3, 0.4) is 0 Å². The molecule has 1 amide bonds. The summed E-state index contributed by atoms with van der Waals surface area (Å²) in [6, 6.07) is -0.851. The number of carbonyl (C=O) groups excluding carboxylic acids is 2. The number of aliphatic carboxylic acids is 1. The second-order valence-corrected chi connectivity index (χ2v) is 14.8. The van der Waals surface area contributed by atoms with E-state index < -0.39 is 12.0 Å². The van der Waals surface area contributed by atoms with E-state index in [1.165, 1.54) is 128 Å². The summed E-state index contributed by atoms with van der Waals surface area (Å²) >= 11 is 0. The van der Waals surface area contributed by atoms with Gasteiger partial charge in [0.2, 0.25) is 5.91 Å². The van der Waals surface area contributed by atoms with Gasteiger partial charge in [-0.3, -0.25) is 9.59 Å². The molecule has 7 heteroatoms. The number of rotatable bonds is 39. The molecular formula is C42H82N2O5. The third-order valence-electron chi connectivity index (χ3n) is 9.92. The van der Waals surface area contributed by atoms with Crippen molar-refractivity contribution in [1.29, 1.82) is 0 Å². The molecule has 0 fully saturated rings. The average molecular weight is 695 g/mol. The summed E-state index contributed by atoms with van der Waals surface area (Å²) in [5, 5.41) is 11.9. The molecule has 0 spiro atoms. The first-order chi connectivity index (χ1) is 23.9. The van der Waals surface area contributed by atoms with E-state index in [0.29, 0.717) is 32.2 Å². The summed E-state index contributed by atoms with van der Waals surface area (Å²) in [4.78, 5) is 36.3. The van der Waals surface area contributed by atoms with Crippen LogP contribution in [-0.4, -0.2) is 41.6 Å². The van der Waals surface area contributed by atoms with Crippen molar-refractivity contribution in [1.82, 2.24) is 5.32 Å². The highest BCUT2D eigenvalue weighted by molar-refractivity contribution is 5.83. The number of amides is 1. The number of carboxylic acid groups (broad SMARTS) is 1. The molecule has 0 saturated heterocycles. The maximum atomic E-state index is 12.7. The molecule has 0 radical (unpaired) electrons. The molecule has 0 heterocycles. The first-order valence-corrected chi connectivity index (χ1v) is 21.4. The lowest BCUT2D eigenvalue weighted by molar-refractivity contribution is -0.150. The normalized spacial score (nSPS) is 12.6. The zero-order valence-electron chi connectivity index (χ0n) is 32.6. The van der Waals surface area contributed by atoms with E-state index in [0.717, 1.165) is 64.2 Å². The minimum atomic E-state index is -1.00. The van der Waals surface area contributed by atoms with Gasteiger partial charge in [0.05, 0.1) is 0 Å². The fourth-order valence-electron chi connectivity index (χ4n) is 6.69. The van der Waals surface area contributed by atoms with Crippen LogP contribution in [0.1, 0.15) is 232 Å². The quantitative estimate of drug-likeness (QED) is 0.0435. The summed E-state index contributed by atoms with van der Waals surface area (Å²) in [7, 11) is 0. The minimum Gasteiger partial charge on any atom is -0.480 e. The van der Waals surface area contributed by atoms with E-state index in [-0.39, 0.29) is 18.0 Å². The topological polar surface area (TPSA) is 119 Å². The number of ether oxygens (including phenoxy) is 1. The third kappa shape index (κ3) is 34.6. The molecule has 2 unspecified atom stereocenters. The highest BCUT2D eigenvalue weighted by Gasteiger charge is 2.19. The molecule has 0 saturated carbocycles. The number of hydrogen-bond acceptors (Lipinski definition) is 5. The van der Waals surface area contributed by atoms with Gasteiger partial charge in [0, 0.05) is 12.8 Å². The van der Waals surface area contributed by atoms with Gasteiger partial charge < -0.3 is 20.9 Å². The van der Waals surface area contributed by atoms with Crippen LogP contribution in [-0.2, 0) is 19.1 Å². The smallest absolute Gasteiger partial charge is 0.326 e. The minimum absolute atomic E-state index is 0.0172. The van der Waals surface area contributed by atoms with Gasteiger partial charge in [-0.2, -0.15) is 0 Å². The van der Waals surface area contributed by atoms with Crippen molar-refractivity contribution >= 4 is 17.8 Å².